The van der Waals surface area contributed by atoms with Gasteiger partial charge in [0, 0.05) is 6.07 Å². The van der Waals surface area contributed by atoms with E-state index in [0.717, 1.165) is 11.3 Å². The van der Waals surface area contributed by atoms with Gasteiger partial charge in [-0.25, -0.2) is 0 Å². The number of amides is 1. The molecule has 0 aromatic heterocycles. The number of hydrogen-bond donors (Lipinski definition) is 1. The third-order valence-corrected chi connectivity index (χ3v) is 3.83. The third-order valence-electron chi connectivity index (χ3n) is 3.83. The van der Waals surface area contributed by atoms with E-state index in [4.69, 9.17) is 0 Å². The van der Waals surface area contributed by atoms with Gasteiger partial charge in [-0.15, -0.1) is 0 Å². The molecule has 0 saturated carbocycles. The van der Waals surface area contributed by atoms with Crippen LogP contribution in [-0.2, 0) is 6.54 Å². The molecule has 3 rings (SSSR count). The van der Waals surface area contributed by atoms with E-state index in [1.807, 2.05) is 60.7 Å². The summed E-state index contributed by atoms with van der Waals surface area (Å²) >= 11 is 0. The molecule has 1 amide bonds. The quantitative estimate of drug-likeness (QED) is 0.541. The van der Waals surface area contributed by atoms with Crippen molar-refractivity contribution in [3.63, 3.8) is 0 Å². The maximum absolute atomic E-state index is 12.7. The minimum Gasteiger partial charge on any atom is -0.281 e. The van der Waals surface area contributed by atoms with E-state index in [1.54, 1.807) is 11.1 Å². The zero-order valence-electron chi connectivity index (χ0n) is 13.9. The molecule has 1 N–H and O–H groups in total. The fraction of sp³-hybridized carbons (Fsp3) is 0.0500. The van der Waals surface area contributed by atoms with E-state index >= 15 is 0 Å². The van der Waals surface area contributed by atoms with Crippen LogP contribution in [0.4, 0.5) is 11.4 Å². The number of carbonyl (C=O) groups excluding carboxylic acids is 1. The van der Waals surface area contributed by atoms with Gasteiger partial charge in [0.25, 0.3) is 11.6 Å². The molecular formula is C20H17N3O3. The van der Waals surface area contributed by atoms with Crippen LogP contribution in [0.2, 0.25) is 0 Å². The summed E-state index contributed by atoms with van der Waals surface area (Å²) in [6.07, 6.45) is 0. The lowest BCUT2D eigenvalue weighted by Gasteiger charge is -2.25. The van der Waals surface area contributed by atoms with E-state index in [2.05, 4.69) is 5.43 Å². The number of nitrogens with one attached hydrogen (secondary N) is 1. The maximum Gasteiger partial charge on any atom is 0.282 e. The van der Waals surface area contributed by atoms with Gasteiger partial charge < -0.3 is 0 Å². The van der Waals surface area contributed by atoms with Crippen LogP contribution < -0.4 is 10.4 Å². The number of nitro groups is 1. The Kier molecular flexibility index (Phi) is 5.24. The smallest absolute Gasteiger partial charge is 0.281 e. The van der Waals surface area contributed by atoms with E-state index in [1.165, 1.54) is 18.2 Å². The SMILES string of the molecule is O=C(NN(Cc1ccccc1)c1ccccc1)c1ccccc1[N+](=O)[O-]. The molecule has 0 unspecified atom stereocenters. The van der Waals surface area contributed by atoms with Gasteiger partial charge in [0.1, 0.15) is 5.56 Å². The van der Waals surface area contributed by atoms with Crippen LogP contribution in [0.3, 0.4) is 0 Å². The van der Waals surface area contributed by atoms with Crippen LogP contribution in [0.1, 0.15) is 15.9 Å². The topological polar surface area (TPSA) is 75.5 Å². The Bertz CT molecular complexity index is 898. The van der Waals surface area contributed by atoms with Gasteiger partial charge >= 0.3 is 0 Å². The molecule has 0 spiro atoms. The molecule has 6 nitrogen and oxygen atoms in total. The highest BCUT2D eigenvalue weighted by Gasteiger charge is 2.21. The summed E-state index contributed by atoms with van der Waals surface area (Å²) in [7, 11) is 0. The monoisotopic (exact) mass is 347 g/mol. The Morgan fingerprint density at radius 1 is 0.885 bits per heavy atom. The molecule has 0 saturated heterocycles. The van der Waals surface area contributed by atoms with E-state index in [0.29, 0.717) is 6.54 Å². The molecular weight excluding hydrogens is 330 g/mol. The zero-order chi connectivity index (χ0) is 18.4. The number of anilines is 1. The highest BCUT2D eigenvalue weighted by Crippen LogP contribution is 2.19. The van der Waals surface area contributed by atoms with Crippen molar-refractivity contribution >= 4 is 17.3 Å². The van der Waals surface area contributed by atoms with E-state index < -0.39 is 10.8 Å². The van der Waals surface area contributed by atoms with E-state index in [9.17, 15) is 14.9 Å². The Morgan fingerprint density at radius 2 is 1.46 bits per heavy atom. The summed E-state index contributed by atoms with van der Waals surface area (Å²) in [5, 5.41) is 12.9. The molecule has 26 heavy (non-hydrogen) atoms. The number of para-hydroxylation sites is 2. The van der Waals surface area contributed by atoms with Crippen molar-refractivity contribution in [3.05, 3.63) is 106 Å². The second-order valence-corrected chi connectivity index (χ2v) is 5.62. The standard InChI is InChI=1S/C20H17N3O3/c24-20(18-13-7-8-14-19(18)23(25)26)21-22(17-11-5-2-6-12-17)15-16-9-3-1-4-10-16/h1-14H,15H2,(H,21,24). The molecule has 0 aliphatic heterocycles. The molecule has 3 aromatic carbocycles. The minimum absolute atomic E-state index is 0.0199. The van der Waals surface area contributed by atoms with Crippen molar-refractivity contribution < 1.29 is 9.72 Å². The molecule has 0 aliphatic rings. The summed E-state index contributed by atoms with van der Waals surface area (Å²) in [6, 6.07) is 24.9. The molecule has 130 valence electrons. The first-order valence-corrected chi connectivity index (χ1v) is 8.06. The number of carbonyl (C=O) groups is 1. The van der Waals surface area contributed by atoms with Crippen molar-refractivity contribution in [1.82, 2.24) is 5.43 Å². The van der Waals surface area contributed by atoms with Crippen LogP contribution in [-0.4, -0.2) is 10.8 Å². The van der Waals surface area contributed by atoms with Crippen LogP contribution in [0, 0.1) is 10.1 Å². The summed E-state index contributed by atoms with van der Waals surface area (Å²) in [5.41, 5.74) is 4.36. The average molecular weight is 347 g/mol. The fourth-order valence-electron chi connectivity index (χ4n) is 2.58. The predicted octanol–water partition coefficient (Wildman–Crippen LogP) is 3.95. The lowest BCUT2D eigenvalue weighted by Crippen LogP contribution is -2.42. The third kappa shape index (κ3) is 4.05. The Hall–Kier alpha value is -3.67. The van der Waals surface area contributed by atoms with Crippen LogP contribution in [0.5, 0.6) is 0 Å². The Balaban J connectivity index is 1.88. The molecule has 0 aliphatic carbocycles. The van der Waals surface area contributed by atoms with Gasteiger partial charge in [0.05, 0.1) is 17.2 Å². The minimum atomic E-state index is -0.557. The summed E-state index contributed by atoms with van der Waals surface area (Å²) < 4.78 is 0. The van der Waals surface area contributed by atoms with Gasteiger partial charge in [-0.2, -0.15) is 0 Å². The van der Waals surface area contributed by atoms with Gasteiger partial charge in [-0.1, -0.05) is 60.7 Å². The number of nitro benzene ring substituents is 1. The maximum atomic E-state index is 12.7. The van der Waals surface area contributed by atoms with Crippen molar-refractivity contribution in [2.75, 3.05) is 5.01 Å². The summed E-state index contributed by atoms with van der Waals surface area (Å²) in [5.74, 6) is -0.530. The van der Waals surface area contributed by atoms with Gasteiger partial charge in [-0.05, 0) is 23.8 Å². The van der Waals surface area contributed by atoms with Crippen molar-refractivity contribution in [2.45, 2.75) is 6.54 Å². The van der Waals surface area contributed by atoms with Crippen LogP contribution in [0.15, 0.2) is 84.9 Å². The summed E-state index contributed by atoms with van der Waals surface area (Å²) in [6.45, 7) is 0.428. The first-order chi connectivity index (χ1) is 12.6. The van der Waals surface area contributed by atoms with Crippen LogP contribution >= 0.6 is 0 Å². The normalized spacial score (nSPS) is 10.2. The molecule has 3 aromatic rings. The van der Waals surface area contributed by atoms with Gasteiger partial charge in [-0.3, -0.25) is 25.3 Å². The molecule has 0 atom stereocenters. The van der Waals surface area contributed by atoms with Gasteiger partial charge in [0.15, 0.2) is 0 Å². The number of rotatable bonds is 6. The van der Waals surface area contributed by atoms with E-state index in [-0.39, 0.29) is 11.3 Å². The Labute approximate surface area is 150 Å². The molecule has 0 heterocycles. The lowest BCUT2D eigenvalue weighted by atomic mass is 10.1. The molecule has 0 fully saturated rings. The Morgan fingerprint density at radius 3 is 2.12 bits per heavy atom. The van der Waals surface area contributed by atoms with Crippen molar-refractivity contribution in [2.24, 2.45) is 0 Å². The number of hydrazine groups is 1. The number of nitrogens with zero attached hydrogens (tertiary/aromatic N) is 2. The fourth-order valence-corrected chi connectivity index (χ4v) is 2.58. The second-order valence-electron chi connectivity index (χ2n) is 5.62. The number of benzene rings is 3. The van der Waals surface area contributed by atoms with Crippen molar-refractivity contribution in [3.8, 4) is 0 Å². The number of hydrogen-bond acceptors (Lipinski definition) is 4. The molecule has 6 heteroatoms. The lowest BCUT2D eigenvalue weighted by molar-refractivity contribution is -0.385. The average Bonchev–Trinajstić information content (AvgIpc) is 2.69. The largest absolute Gasteiger partial charge is 0.282 e. The molecule has 0 bridgehead atoms. The van der Waals surface area contributed by atoms with Crippen molar-refractivity contribution in [1.29, 1.82) is 0 Å². The predicted molar refractivity (Wildman–Crippen MR) is 99.6 cm³/mol. The summed E-state index contributed by atoms with van der Waals surface area (Å²) in [4.78, 5) is 23.3. The second kappa shape index (κ2) is 7.94. The molecule has 0 radical (unpaired) electrons. The highest BCUT2D eigenvalue weighted by atomic mass is 16.6. The first kappa shape index (κ1) is 17.2. The van der Waals surface area contributed by atoms with Gasteiger partial charge in [0.2, 0.25) is 0 Å². The highest BCUT2D eigenvalue weighted by molar-refractivity contribution is 5.98. The first-order valence-electron chi connectivity index (χ1n) is 8.06. The van der Waals surface area contributed by atoms with Crippen LogP contribution in [0.25, 0.3) is 0 Å². The zero-order valence-corrected chi connectivity index (χ0v) is 13.9.